The largest absolute Gasteiger partial charge is 0.300 e. The average molecular weight is 194 g/mol. The highest BCUT2D eigenvalue weighted by atomic mass is 16.1. The van der Waals surface area contributed by atoms with Crippen LogP contribution in [0.25, 0.3) is 0 Å². The van der Waals surface area contributed by atoms with E-state index in [0.29, 0.717) is 12.3 Å². The zero-order chi connectivity index (χ0) is 10.6. The molecule has 1 aliphatic carbocycles. The van der Waals surface area contributed by atoms with Gasteiger partial charge in [-0.25, -0.2) is 0 Å². The van der Waals surface area contributed by atoms with Crippen molar-refractivity contribution in [3.05, 3.63) is 12.2 Å². The maximum Gasteiger partial charge on any atom is 0.130 e. The fraction of sp³-hybridized carbons (Fsp3) is 0.769. The zero-order valence-corrected chi connectivity index (χ0v) is 9.51. The molecule has 1 nitrogen and oxygen atoms in total. The summed E-state index contributed by atoms with van der Waals surface area (Å²) in [4.78, 5) is 10.8. The second-order valence-electron chi connectivity index (χ2n) is 4.82. The van der Waals surface area contributed by atoms with E-state index >= 15 is 0 Å². The van der Waals surface area contributed by atoms with Crippen LogP contribution in [0.1, 0.15) is 52.4 Å². The van der Waals surface area contributed by atoms with E-state index in [4.69, 9.17) is 0 Å². The number of Topliss-reactive ketones (excluding diaryl/α,β-unsaturated/α-hetero) is 1. The van der Waals surface area contributed by atoms with Gasteiger partial charge in [0.25, 0.3) is 0 Å². The summed E-state index contributed by atoms with van der Waals surface area (Å²) < 4.78 is 0. The van der Waals surface area contributed by atoms with E-state index in [0.717, 1.165) is 12.3 Å². The van der Waals surface area contributed by atoms with Crippen molar-refractivity contribution in [2.45, 2.75) is 52.4 Å². The maximum atomic E-state index is 10.8. The lowest BCUT2D eigenvalue weighted by Gasteiger charge is -2.27. The van der Waals surface area contributed by atoms with E-state index in [1.54, 1.807) is 6.92 Å². The predicted octanol–water partition coefficient (Wildman–Crippen LogP) is 3.74. The van der Waals surface area contributed by atoms with Gasteiger partial charge in [-0.1, -0.05) is 31.9 Å². The molecule has 14 heavy (non-hydrogen) atoms. The van der Waals surface area contributed by atoms with Gasteiger partial charge in [-0.2, -0.15) is 0 Å². The molecular formula is C13H22O. The molecule has 0 heterocycles. The molecule has 1 aliphatic rings. The summed E-state index contributed by atoms with van der Waals surface area (Å²) in [6.45, 7) is 8.11. The summed E-state index contributed by atoms with van der Waals surface area (Å²) in [5.74, 6) is 1.88. The zero-order valence-electron chi connectivity index (χ0n) is 9.51. The minimum absolute atomic E-state index is 0.287. The Morgan fingerprint density at radius 2 is 1.79 bits per heavy atom. The first-order valence-corrected chi connectivity index (χ1v) is 5.76. The van der Waals surface area contributed by atoms with Crippen molar-refractivity contribution >= 4 is 5.78 Å². The van der Waals surface area contributed by atoms with Crippen LogP contribution in [0.4, 0.5) is 0 Å². The fourth-order valence-electron chi connectivity index (χ4n) is 2.21. The van der Waals surface area contributed by atoms with Gasteiger partial charge in [-0.15, -0.1) is 0 Å². The van der Waals surface area contributed by atoms with E-state index in [1.165, 1.54) is 31.3 Å². The number of allylic oxidation sites excluding steroid dienone is 1. The molecule has 1 heteroatoms. The fourth-order valence-corrected chi connectivity index (χ4v) is 2.21. The van der Waals surface area contributed by atoms with Gasteiger partial charge in [-0.3, -0.25) is 0 Å². The lowest BCUT2D eigenvalue weighted by atomic mass is 9.78. The average Bonchev–Trinajstić information content (AvgIpc) is 2.15. The van der Waals surface area contributed by atoms with Gasteiger partial charge >= 0.3 is 0 Å². The Morgan fingerprint density at radius 3 is 2.29 bits per heavy atom. The minimum Gasteiger partial charge on any atom is -0.300 e. The Balaban J connectivity index is 2.27. The summed E-state index contributed by atoms with van der Waals surface area (Å²) in [5, 5.41) is 0. The lowest BCUT2D eigenvalue weighted by molar-refractivity contribution is -0.117. The summed E-state index contributed by atoms with van der Waals surface area (Å²) in [6.07, 6.45) is 6.85. The van der Waals surface area contributed by atoms with Crippen LogP contribution < -0.4 is 0 Å². The highest BCUT2D eigenvalue weighted by Crippen LogP contribution is 2.33. The molecule has 1 rings (SSSR count). The Bertz CT molecular complexity index is 209. The molecule has 1 fully saturated rings. The number of rotatable bonds is 4. The van der Waals surface area contributed by atoms with Gasteiger partial charge in [0.1, 0.15) is 5.78 Å². The van der Waals surface area contributed by atoms with Crippen LogP contribution in [0.2, 0.25) is 0 Å². The monoisotopic (exact) mass is 194 g/mol. The van der Waals surface area contributed by atoms with Crippen LogP contribution in [0.15, 0.2) is 12.2 Å². The normalized spacial score (nSPS) is 27.3. The topological polar surface area (TPSA) is 17.1 Å². The second kappa shape index (κ2) is 5.33. The first kappa shape index (κ1) is 11.5. The van der Waals surface area contributed by atoms with Crippen LogP contribution in [0.5, 0.6) is 0 Å². The molecule has 0 radical (unpaired) electrons. The molecule has 0 amide bonds. The number of carbonyl (C=O) groups is 1. The standard InChI is InChI=1S/C13H22O/c1-10-4-8-13(9-5-10)11(2)6-7-12(3)14/h10,13H,2,4-9H2,1,3H3. The number of hydrogen-bond donors (Lipinski definition) is 0. The van der Waals surface area contributed by atoms with Gasteiger partial charge in [0.05, 0.1) is 0 Å². The van der Waals surface area contributed by atoms with Crippen molar-refractivity contribution in [1.82, 2.24) is 0 Å². The molecule has 0 aromatic carbocycles. The van der Waals surface area contributed by atoms with E-state index in [-0.39, 0.29) is 5.78 Å². The molecule has 80 valence electrons. The van der Waals surface area contributed by atoms with Crippen molar-refractivity contribution < 1.29 is 4.79 Å². The molecule has 0 atom stereocenters. The summed E-state index contributed by atoms with van der Waals surface area (Å²) >= 11 is 0. The Hall–Kier alpha value is -0.590. The van der Waals surface area contributed by atoms with Crippen molar-refractivity contribution in [1.29, 1.82) is 0 Å². The third-order valence-electron chi connectivity index (χ3n) is 3.39. The molecule has 0 spiro atoms. The quantitative estimate of drug-likeness (QED) is 0.623. The van der Waals surface area contributed by atoms with Crippen molar-refractivity contribution in [3.63, 3.8) is 0 Å². The molecule has 0 aromatic heterocycles. The van der Waals surface area contributed by atoms with E-state index < -0.39 is 0 Å². The van der Waals surface area contributed by atoms with Crippen molar-refractivity contribution in [3.8, 4) is 0 Å². The number of ketones is 1. The van der Waals surface area contributed by atoms with Gasteiger partial charge in [0.15, 0.2) is 0 Å². The molecular weight excluding hydrogens is 172 g/mol. The lowest BCUT2D eigenvalue weighted by Crippen LogP contribution is -2.14. The second-order valence-corrected chi connectivity index (χ2v) is 4.82. The number of carbonyl (C=O) groups excluding carboxylic acids is 1. The third kappa shape index (κ3) is 3.65. The molecule has 0 N–H and O–H groups in total. The molecule has 0 saturated heterocycles. The summed E-state index contributed by atoms with van der Waals surface area (Å²) in [5.41, 5.74) is 1.31. The van der Waals surface area contributed by atoms with Gasteiger partial charge < -0.3 is 4.79 Å². The van der Waals surface area contributed by atoms with Gasteiger partial charge in [-0.05, 0) is 38.0 Å². The Labute approximate surface area is 87.6 Å². The highest BCUT2D eigenvalue weighted by molar-refractivity contribution is 5.75. The minimum atomic E-state index is 0.287. The van der Waals surface area contributed by atoms with E-state index in [9.17, 15) is 4.79 Å². The molecule has 0 unspecified atom stereocenters. The van der Waals surface area contributed by atoms with Crippen LogP contribution in [0, 0.1) is 11.8 Å². The molecule has 0 bridgehead atoms. The van der Waals surface area contributed by atoms with Crippen LogP contribution in [-0.4, -0.2) is 5.78 Å². The predicted molar refractivity (Wildman–Crippen MR) is 60.2 cm³/mol. The van der Waals surface area contributed by atoms with Crippen LogP contribution in [-0.2, 0) is 4.79 Å². The highest BCUT2D eigenvalue weighted by Gasteiger charge is 2.20. The first-order chi connectivity index (χ1) is 6.59. The van der Waals surface area contributed by atoms with Crippen molar-refractivity contribution in [2.24, 2.45) is 11.8 Å². The first-order valence-electron chi connectivity index (χ1n) is 5.76. The van der Waals surface area contributed by atoms with Crippen LogP contribution in [0.3, 0.4) is 0 Å². The van der Waals surface area contributed by atoms with Crippen molar-refractivity contribution in [2.75, 3.05) is 0 Å². The smallest absolute Gasteiger partial charge is 0.130 e. The molecule has 0 aliphatic heterocycles. The van der Waals surface area contributed by atoms with E-state index in [2.05, 4.69) is 13.5 Å². The van der Waals surface area contributed by atoms with Crippen LogP contribution >= 0.6 is 0 Å². The van der Waals surface area contributed by atoms with E-state index in [1.807, 2.05) is 0 Å². The molecule has 1 saturated carbocycles. The number of hydrogen-bond acceptors (Lipinski definition) is 1. The van der Waals surface area contributed by atoms with Gasteiger partial charge in [0.2, 0.25) is 0 Å². The Morgan fingerprint density at radius 1 is 1.21 bits per heavy atom. The van der Waals surface area contributed by atoms with Gasteiger partial charge in [0, 0.05) is 6.42 Å². The third-order valence-corrected chi connectivity index (χ3v) is 3.39. The summed E-state index contributed by atoms with van der Waals surface area (Å²) in [6, 6.07) is 0. The SMILES string of the molecule is C=C(CCC(C)=O)C1CCC(C)CC1. The molecule has 0 aromatic rings. The Kier molecular flexibility index (Phi) is 4.37. The summed E-state index contributed by atoms with van der Waals surface area (Å²) in [7, 11) is 0. The maximum absolute atomic E-state index is 10.8.